The normalized spacial score (nSPS) is 19.9. The lowest BCUT2D eigenvalue weighted by atomic mass is 9.79. The molecule has 0 unspecified atom stereocenters. The van der Waals surface area contributed by atoms with Crippen LogP contribution in [0, 0.1) is 17.3 Å². The minimum absolute atomic E-state index is 0.255. The molecule has 6 heteroatoms. The molecule has 4 nitrogen and oxygen atoms in total. The molecule has 1 aromatic heterocycles. The van der Waals surface area contributed by atoms with Crippen LogP contribution >= 0.6 is 0 Å². The van der Waals surface area contributed by atoms with Gasteiger partial charge < -0.3 is 9.31 Å². The van der Waals surface area contributed by atoms with Crippen molar-refractivity contribution in [1.82, 2.24) is 4.98 Å². The highest BCUT2D eigenvalue weighted by molar-refractivity contribution is 6.62. The summed E-state index contributed by atoms with van der Waals surface area (Å²) in [5, 5.41) is 8.59. The zero-order valence-electron chi connectivity index (χ0n) is 12.2. The van der Waals surface area contributed by atoms with Crippen molar-refractivity contribution in [1.29, 1.82) is 5.26 Å². The second-order valence-electron chi connectivity index (χ2n) is 5.96. The van der Waals surface area contributed by atoms with Gasteiger partial charge in [0, 0.05) is 23.6 Å². The Morgan fingerprint density at radius 3 is 2.45 bits per heavy atom. The molecule has 1 aliphatic heterocycles. The molecule has 1 saturated heterocycles. The van der Waals surface area contributed by atoms with Gasteiger partial charge in [-0.2, -0.15) is 9.65 Å². The van der Waals surface area contributed by atoms with Crippen LogP contribution in [0.3, 0.4) is 0 Å². The van der Waals surface area contributed by atoms with E-state index in [0.717, 1.165) is 0 Å². The number of aromatic nitrogens is 1. The molecule has 0 radical (unpaired) electrons. The van der Waals surface area contributed by atoms with Gasteiger partial charge in [-0.25, -0.2) is 4.98 Å². The first-order chi connectivity index (χ1) is 9.27. The highest BCUT2D eigenvalue weighted by Gasteiger charge is 2.51. The summed E-state index contributed by atoms with van der Waals surface area (Å²) in [6, 6.07) is 3.67. The van der Waals surface area contributed by atoms with Gasteiger partial charge in [0.2, 0.25) is 5.95 Å². The van der Waals surface area contributed by atoms with Crippen LogP contribution in [0.5, 0.6) is 0 Å². The topological polar surface area (TPSA) is 55.1 Å². The van der Waals surface area contributed by atoms with Crippen molar-refractivity contribution in [3.05, 3.63) is 23.8 Å². The van der Waals surface area contributed by atoms with Gasteiger partial charge >= 0.3 is 7.12 Å². The third-order valence-electron chi connectivity index (χ3n) is 3.96. The van der Waals surface area contributed by atoms with Crippen LogP contribution in [0.4, 0.5) is 4.39 Å². The standard InChI is InChI=1S/C14H18BFN2O2/c1-13(2)14(3,4)20-15(19-13)11-8-10(6-5-7-17)12(16)18-9-11/h8-9H,5-6H2,1-4H3. The van der Waals surface area contributed by atoms with Crippen molar-refractivity contribution in [3.63, 3.8) is 0 Å². The van der Waals surface area contributed by atoms with Gasteiger partial charge in [-0.05, 0) is 34.1 Å². The largest absolute Gasteiger partial charge is 0.496 e. The van der Waals surface area contributed by atoms with Crippen LogP contribution in [0.15, 0.2) is 12.3 Å². The van der Waals surface area contributed by atoms with E-state index in [0.29, 0.717) is 17.4 Å². The second kappa shape index (κ2) is 5.15. The second-order valence-corrected chi connectivity index (χ2v) is 5.96. The first-order valence-corrected chi connectivity index (χ1v) is 6.64. The predicted octanol–water partition coefficient (Wildman–Crippen LogP) is 1.98. The SMILES string of the molecule is CC1(C)OB(c2cnc(F)c(CCC#N)c2)OC1(C)C. The molecule has 2 heterocycles. The third-order valence-corrected chi connectivity index (χ3v) is 3.96. The Morgan fingerprint density at radius 1 is 1.30 bits per heavy atom. The Kier molecular flexibility index (Phi) is 3.85. The van der Waals surface area contributed by atoms with Crippen molar-refractivity contribution < 1.29 is 13.7 Å². The summed E-state index contributed by atoms with van der Waals surface area (Å²) in [4.78, 5) is 3.74. The van der Waals surface area contributed by atoms with Crippen LogP contribution in [-0.4, -0.2) is 23.3 Å². The van der Waals surface area contributed by atoms with Crippen LogP contribution in [0.2, 0.25) is 0 Å². The average Bonchev–Trinajstić information content (AvgIpc) is 2.57. The monoisotopic (exact) mass is 276 g/mol. The van der Waals surface area contributed by atoms with E-state index in [1.54, 1.807) is 6.07 Å². The van der Waals surface area contributed by atoms with Crippen molar-refractivity contribution in [2.24, 2.45) is 0 Å². The summed E-state index contributed by atoms with van der Waals surface area (Å²) in [5.74, 6) is -0.541. The van der Waals surface area contributed by atoms with Gasteiger partial charge in [-0.1, -0.05) is 6.07 Å². The molecule has 0 spiro atoms. The number of aryl methyl sites for hydroxylation is 1. The Hall–Kier alpha value is -1.45. The number of pyridine rings is 1. The van der Waals surface area contributed by atoms with Gasteiger partial charge in [0.25, 0.3) is 0 Å². The first kappa shape index (κ1) is 15.0. The van der Waals surface area contributed by atoms with Gasteiger partial charge in [0.15, 0.2) is 0 Å². The lowest BCUT2D eigenvalue weighted by Crippen LogP contribution is -2.41. The molecule has 0 amide bonds. The number of nitriles is 1. The van der Waals surface area contributed by atoms with E-state index in [2.05, 4.69) is 4.98 Å². The zero-order chi connectivity index (χ0) is 15.0. The Labute approximate surface area is 119 Å². The summed E-state index contributed by atoms with van der Waals surface area (Å²) in [6.45, 7) is 7.84. The molecule has 0 N–H and O–H groups in total. The van der Waals surface area contributed by atoms with E-state index < -0.39 is 24.3 Å². The lowest BCUT2D eigenvalue weighted by Gasteiger charge is -2.32. The maximum Gasteiger partial charge on any atom is 0.496 e. The van der Waals surface area contributed by atoms with Crippen LogP contribution < -0.4 is 5.46 Å². The minimum atomic E-state index is -0.561. The highest BCUT2D eigenvalue weighted by Crippen LogP contribution is 2.36. The number of nitrogens with zero attached hydrogens (tertiary/aromatic N) is 2. The molecule has 0 saturated carbocycles. The molecule has 20 heavy (non-hydrogen) atoms. The summed E-state index contributed by atoms with van der Waals surface area (Å²) >= 11 is 0. The molecule has 1 aliphatic rings. The molecular weight excluding hydrogens is 258 g/mol. The quantitative estimate of drug-likeness (QED) is 0.625. The van der Waals surface area contributed by atoms with E-state index in [1.807, 2.05) is 33.8 Å². The van der Waals surface area contributed by atoms with Gasteiger partial charge in [-0.15, -0.1) is 0 Å². The molecule has 0 aliphatic carbocycles. The van der Waals surface area contributed by atoms with E-state index in [1.165, 1.54) is 6.20 Å². The van der Waals surface area contributed by atoms with Crippen LogP contribution in [0.25, 0.3) is 0 Å². The predicted molar refractivity (Wildman–Crippen MR) is 73.8 cm³/mol. The molecule has 0 aromatic carbocycles. The van der Waals surface area contributed by atoms with Crippen LogP contribution in [0.1, 0.15) is 39.7 Å². The molecule has 0 atom stereocenters. The maximum atomic E-state index is 13.6. The average molecular weight is 276 g/mol. The fraction of sp³-hybridized carbons (Fsp3) is 0.571. The van der Waals surface area contributed by atoms with E-state index in [9.17, 15) is 4.39 Å². The van der Waals surface area contributed by atoms with Gasteiger partial charge in [0.1, 0.15) is 0 Å². The van der Waals surface area contributed by atoms with Gasteiger partial charge in [-0.3, -0.25) is 0 Å². The van der Waals surface area contributed by atoms with E-state index in [-0.39, 0.29) is 6.42 Å². The van der Waals surface area contributed by atoms with E-state index >= 15 is 0 Å². The molecule has 106 valence electrons. The lowest BCUT2D eigenvalue weighted by molar-refractivity contribution is 0.00578. The Balaban J connectivity index is 2.25. The molecule has 1 fully saturated rings. The summed E-state index contributed by atoms with van der Waals surface area (Å²) < 4.78 is 25.4. The number of hydrogen-bond donors (Lipinski definition) is 0. The fourth-order valence-corrected chi connectivity index (χ4v) is 1.99. The van der Waals surface area contributed by atoms with Crippen molar-refractivity contribution in [2.75, 3.05) is 0 Å². The molecule has 1 aromatic rings. The van der Waals surface area contributed by atoms with E-state index in [4.69, 9.17) is 14.6 Å². The van der Waals surface area contributed by atoms with Crippen molar-refractivity contribution >= 4 is 12.6 Å². The smallest absolute Gasteiger partial charge is 0.399 e. The first-order valence-electron chi connectivity index (χ1n) is 6.64. The number of hydrogen-bond acceptors (Lipinski definition) is 4. The summed E-state index contributed by atoms with van der Waals surface area (Å²) in [5.41, 5.74) is 0.203. The maximum absolute atomic E-state index is 13.6. The van der Waals surface area contributed by atoms with Gasteiger partial charge in [0.05, 0.1) is 17.3 Å². The summed E-state index contributed by atoms with van der Waals surface area (Å²) in [6.07, 6.45) is 2.02. The Morgan fingerprint density at radius 2 is 1.90 bits per heavy atom. The molecule has 2 rings (SSSR count). The third kappa shape index (κ3) is 2.69. The van der Waals surface area contributed by atoms with Crippen LogP contribution in [-0.2, 0) is 15.7 Å². The fourth-order valence-electron chi connectivity index (χ4n) is 1.99. The number of halogens is 1. The summed E-state index contributed by atoms with van der Waals surface area (Å²) in [7, 11) is -0.561. The minimum Gasteiger partial charge on any atom is -0.399 e. The van der Waals surface area contributed by atoms with Crippen molar-refractivity contribution in [3.8, 4) is 6.07 Å². The number of rotatable bonds is 3. The van der Waals surface area contributed by atoms with Crippen molar-refractivity contribution in [2.45, 2.75) is 51.7 Å². The highest BCUT2D eigenvalue weighted by atomic mass is 19.1. The zero-order valence-corrected chi connectivity index (χ0v) is 12.2. The molecule has 0 bridgehead atoms. The molecular formula is C14H18BFN2O2. The Bertz CT molecular complexity index is 539.